The number of sulfonamides is 2. The van der Waals surface area contributed by atoms with Gasteiger partial charge in [-0.2, -0.15) is 4.72 Å². The summed E-state index contributed by atoms with van der Waals surface area (Å²) in [6.45, 7) is 7.35. The third kappa shape index (κ3) is 5.30. The number of nitrogens with two attached hydrogens (primary N) is 1. The number of benzene rings is 4. The van der Waals surface area contributed by atoms with E-state index in [1.54, 1.807) is 0 Å². The molecule has 0 aliphatic carbocycles. The van der Waals surface area contributed by atoms with Crippen molar-refractivity contribution in [2.24, 2.45) is 25.1 Å². The number of aromatic amines is 3. The topological polar surface area (TPSA) is 208 Å². The third-order valence-electron chi connectivity index (χ3n) is 9.39. The van der Waals surface area contributed by atoms with Crippen molar-refractivity contribution in [1.29, 1.82) is 0 Å². The summed E-state index contributed by atoms with van der Waals surface area (Å²) in [6, 6.07) is 30.2. The summed E-state index contributed by atoms with van der Waals surface area (Å²) < 4.78 is 57.0. The van der Waals surface area contributed by atoms with Gasteiger partial charge in [0.2, 0.25) is 20.0 Å². The molecule has 8 bridgehead atoms. The van der Waals surface area contributed by atoms with E-state index >= 15 is 0 Å². The zero-order valence-electron chi connectivity index (χ0n) is 28.2. The molecule has 0 amide bonds. The van der Waals surface area contributed by atoms with Crippen LogP contribution >= 0.6 is 0 Å². The maximum absolute atomic E-state index is 14.3. The molecule has 5 heterocycles. The van der Waals surface area contributed by atoms with Crippen molar-refractivity contribution >= 4 is 86.4 Å². The molecule has 0 radical (unpaired) electrons. The van der Waals surface area contributed by atoms with Crippen LogP contribution in [0.25, 0.3) is 43.1 Å². The van der Waals surface area contributed by atoms with Gasteiger partial charge in [-0.25, -0.2) is 41.9 Å². The minimum absolute atomic E-state index is 0.199. The second kappa shape index (κ2) is 12.3. The van der Waals surface area contributed by atoms with Crippen LogP contribution in [0, 0.1) is 0 Å². The van der Waals surface area contributed by atoms with Crippen LogP contribution in [0.2, 0.25) is 0 Å². The average molecular weight is 755 g/mol. The normalized spacial score (nSPS) is 14.2. The summed E-state index contributed by atoms with van der Waals surface area (Å²) in [5.41, 5.74) is 1.79. The Morgan fingerprint density at radius 2 is 0.926 bits per heavy atom. The van der Waals surface area contributed by atoms with Crippen LogP contribution in [0.1, 0.15) is 5.37 Å². The lowest BCUT2D eigenvalue weighted by molar-refractivity contribution is 0.550. The van der Waals surface area contributed by atoms with Crippen molar-refractivity contribution in [3.63, 3.8) is 0 Å². The number of hydrogen-bond acceptors (Lipinski definition) is 8. The zero-order chi connectivity index (χ0) is 37.4. The van der Waals surface area contributed by atoms with Gasteiger partial charge in [0.25, 0.3) is 0 Å². The fraction of sp³-hybridized carbons (Fsp3) is 0.0526. The molecule has 4 aromatic heterocycles. The van der Waals surface area contributed by atoms with Gasteiger partial charge in [-0.05, 0) is 0 Å². The molecule has 9 rings (SSSR count). The molecule has 268 valence electrons. The molecule has 6 N–H and O–H groups in total. The van der Waals surface area contributed by atoms with Crippen LogP contribution in [-0.4, -0.2) is 41.7 Å². The molecule has 2 unspecified atom stereocenters. The molecule has 8 aromatic rings. The second-order valence-electron chi connectivity index (χ2n) is 12.6. The zero-order valence-corrected chi connectivity index (χ0v) is 29.9. The minimum Gasteiger partial charge on any atom is -0.324 e. The molecule has 0 spiro atoms. The Morgan fingerprint density at radius 1 is 0.556 bits per heavy atom. The van der Waals surface area contributed by atoms with Gasteiger partial charge in [-0.3, -0.25) is 4.57 Å². The monoisotopic (exact) mass is 754 g/mol. The number of aromatic nitrogens is 4. The Bertz CT molecular complexity index is 3200. The van der Waals surface area contributed by atoms with Crippen LogP contribution < -0.4 is 31.8 Å². The Balaban J connectivity index is 1.48. The molecule has 4 aromatic carbocycles. The highest BCUT2D eigenvalue weighted by Gasteiger charge is 2.34. The summed E-state index contributed by atoms with van der Waals surface area (Å²) in [6.07, 6.45) is 2.08. The largest absolute Gasteiger partial charge is 0.324 e. The van der Waals surface area contributed by atoms with E-state index < -0.39 is 30.8 Å². The van der Waals surface area contributed by atoms with E-state index in [1.807, 2.05) is 97.1 Å². The SMILES string of the molecule is C=CC(NS(=O)(=O)C(C=C)n1c2c3ccccc3c1N=c1[nH]c(c3ccccc13)=Nc1[nH]c(c3ccccc13)N=c1[nH]c(c3ccccc13)=N2)S(N)(=O)=O. The smallest absolute Gasteiger partial charge is 0.238 e. The lowest BCUT2D eigenvalue weighted by Gasteiger charge is -2.21. The van der Waals surface area contributed by atoms with E-state index in [4.69, 9.17) is 25.1 Å². The van der Waals surface area contributed by atoms with E-state index in [9.17, 15) is 16.8 Å². The fourth-order valence-electron chi connectivity index (χ4n) is 6.95. The maximum Gasteiger partial charge on any atom is 0.238 e. The molecule has 0 saturated carbocycles. The van der Waals surface area contributed by atoms with E-state index in [2.05, 4.69) is 32.8 Å². The highest BCUT2D eigenvalue weighted by molar-refractivity contribution is 7.93. The van der Waals surface area contributed by atoms with E-state index in [0.717, 1.165) is 27.6 Å². The number of H-pyrrole nitrogens is 3. The van der Waals surface area contributed by atoms with Crippen LogP contribution in [-0.2, 0) is 20.0 Å². The Hall–Kier alpha value is -6.46. The quantitative estimate of drug-likeness (QED) is 0.148. The number of fused-ring (bicyclic) bond motifs is 20. The molecule has 0 saturated heterocycles. The lowest BCUT2D eigenvalue weighted by Crippen LogP contribution is -2.44. The van der Waals surface area contributed by atoms with Crippen molar-refractivity contribution < 1.29 is 16.8 Å². The van der Waals surface area contributed by atoms with Gasteiger partial charge in [-0.15, -0.1) is 6.58 Å². The average Bonchev–Trinajstić information content (AvgIpc) is 3.88. The maximum atomic E-state index is 14.3. The number of hydrogen-bond donors (Lipinski definition) is 5. The molecule has 16 heteroatoms. The lowest BCUT2D eigenvalue weighted by atomic mass is 10.2. The molecule has 1 aliphatic rings. The summed E-state index contributed by atoms with van der Waals surface area (Å²) in [5, 5.41) is 7.70. The molecular formula is C38H30N10O4S2. The Labute approximate surface area is 306 Å². The molecule has 0 fully saturated rings. The first-order valence-electron chi connectivity index (χ1n) is 16.7. The number of nitrogens with one attached hydrogen (secondary N) is 4. The minimum atomic E-state index is -4.64. The Kier molecular flexibility index (Phi) is 7.61. The van der Waals surface area contributed by atoms with Gasteiger partial charge >= 0.3 is 0 Å². The van der Waals surface area contributed by atoms with Gasteiger partial charge in [0.1, 0.15) is 45.2 Å². The van der Waals surface area contributed by atoms with Gasteiger partial charge in [0.15, 0.2) is 10.7 Å². The molecular weight excluding hydrogens is 725 g/mol. The molecule has 1 aliphatic heterocycles. The van der Waals surface area contributed by atoms with E-state index in [1.165, 1.54) is 10.6 Å². The summed E-state index contributed by atoms with van der Waals surface area (Å²) in [4.78, 5) is 30.6. The van der Waals surface area contributed by atoms with Crippen molar-refractivity contribution in [3.8, 4) is 0 Å². The van der Waals surface area contributed by atoms with Gasteiger partial charge in [0, 0.05) is 43.1 Å². The van der Waals surface area contributed by atoms with Crippen molar-refractivity contribution in [3.05, 3.63) is 144 Å². The van der Waals surface area contributed by atoms with Gasteiger partial charge < -0.3 is 15.0 Å². The van der Waals surface area contributed by atoms with E-state index in [0.29, 0.717) is 55.1 Å². The Morgan fingerprint density at radius 3 is 1.30 bits per heavy atom. The third-order valence-corrected chi connectivity index (χ3v) is 12.2. The van der Waals surface area contributed by atoms with Gasteiger partial charge in [0.05, 0.1) is 0 Å². The van der Waals surface area contributed by atoms with Crippen molar-refractivity contribution in [2.45, 2.75) is 10.7 Å². The molecule has 14 nitrogen and oxygen atoms in total. The summed E-state index contributed by atoms with van der Waals surface area (Å²) in [5.74, 6) is 1.54. The van der Waals surface area contributed by atoms with Crippen molar-refractivity contribution in [1.82, 2.24) is 24.2 Å². The highest BCUT2D eigenvalue weighted by atomic mass is 32.2. The second-order valence-corrected chi connectivity index (χ2v) is 16.1. The van der Waals surface area contributed by atoms with Crippen LogP contribution in [0.4, 0.5) is 23.3 Å². The van der Waals surface area contributed by atoms with Gasteiger partial charge in [-0.1, -0.05) is 116 Å². The first kappa shape index (κ1) is 33.4. The predicted octanol–water partition coefficient (Wildman–Crippen LogP) is 4.61. The summed E-state index contributed by atoms with van der Waals surface area (Å²) in [7, 11) is -9.06. The van der Waals surface area contributed by atoms with Crippen molar-refractivity contribution in [2.75, 3.05) is 0 Å². The van der Waals surface area contributed by atoms with Crippen LogP contribution in [0.3, 0.4) is 0 Å². The van der Waals surface area contributed by atoms with Crippen LogP contribution in [0.5, 0.6) is 0 Å². The number of nitrogens with zero attached hydrogens (tertiary/aromatic N) is 5. The molecule has 54 heavy (non-hydrogen) atoms. The number of rotatable bonds is 7. The molecule has 2 atom stereocenters. The first-order valence-corrected chi connectivity index (χ1v) is 19.8. The highest BCUT2D eigenvalue weighted by Crippen LogP contribution is 2.42. The first-order chi connectivity index (χ1) is 26.1. The van der Waals surface area contributed by atoms with E-state index in [-0.39, 0.29) is 11.6 Å². The van der Waals surface area contributed by atoms with Crippen LogP contribution in [0.15, 0.2) is 142 Å². The standard InChI is InChI=1S/C38H30N10O4S2/c1-3-29(53(39,49)50)47-54(51,52)30(4-2)48-37-27-19-11-12-20-28(27)38(48)46-36-26-18-10-8-16-24(26)34(44-36)42-32-22-14-6-5-13-21(22)31(40-32)41-33-23-15-7-9-17-25(23)35(43-33)45-37/h3-20,29-30,47H,1-2H2,(H2,39,49,50)(H3,40,41,42,43,44,45,46). The number of primary sulfonamides is 1. The fourth-order valence-corrected chi connectivity index (χ4v) is 9.44. The summed E-state index contributed by atoms with van der Waals surface area (Å²) >= 11 is 0. The predicted molar refractivity (Wildman–Crippen MR) is 208 cm³/mol.